The summed E-state index contributed by atoms with van der Waals surface area (Å²) in [6.07, 6.45) is 3.24. The van der Waals surface area contributed by atoms with Crippen molar-refractivity contribution in [3.05, 3.63) is 73.2 Å². The lowest BCUT2D eigenvalue weighted by Crippen LogP contribution is -1.94. The Morgan fingerprint density at radius 3 is 2.69 bits per heavy atom. The summed E-state index contributed by atoms with van der Waals surface area (Å²) in [5.41, 5.74) is 10.4. The van der Waals surface area contributed by atoms with Crippen molar-refractivity contribution in [2.45, 2.75) is 0 Å². The van der Waals surface area contributed by atoms with E-state index < -0.39 is 0 Å². The summed E-state index contributed by atoms with van der Waals surface area (Å²) in [5.74, 6) is 1.20. The number of benzene rings is 2. The molecule has 0 bridgehead atoms. The number of para-hydroxylation sites is 1. The van der Waals surface area contributed by atoms with Crippen LogP contribution in [-0.4, -0.2) is 15.0 Å². The van der Waals surface area contributed by atoms with Gasteiger partial charge in [0.1, 0.15) is 23.4 Å². The van der Waals surface area contributed by atoms with Crippen LogP contribution in [0.5, 0.6) is 0 Å². The van der Waals surface area contributed by atoms with Crippen molar-refractivity contribution in [2.75, 3.05) is 5.73 Å². The van der Waals surface area contributed by atoms with Crippen LogP contribution in [0.1, 0.15) is 0 Å². The molecule has 3 aromatic heterocycles. The first-order valence-corrected chi connectivity index (χ1v) is 8.24. The fraction of sp³-hybridized carbons (Fsp3) is 0. The van der Waals surface area contributed by atoms with Crippen molar-refractivity contribution < 1.29 is 4.42 Å². The average Bonchev–Trinajstić information content (AvgIpc) is 3.12. The summed E-state index contributed by atoms with van der Waals surface area (Å²) >= 11 is 0. The second kappa shape index (κ2) is 5.67. The first kappa shape index (κ1) is 14.6. The fourth-order valence-electron chi connectivity index (χ4n) is 3.18. The number of hydrogen-bond acceptors (Lipinski definition) is 5. The highest BCUT2D eigenvalue weighted by molar-refractivity contribution is 5.94. The smallest absolute Gasteiger partial charge is 0.154 e. The zero-order valence-electron chi connectivity index (χ0n) is 13.8. The third-order valence-corrected chi connectivity index (χ3v) is 4.44. The molecule has 0 aliphatic rings. The van der Waals surface area contributed by atoms with Gasteiger partial charge in [-0.3, -0.25) is 4.98 Å². The third kappa shape index (κ3) is 2.29. The molecule has 2 aromatic carbocycles. The molecule has 5 heteroatoms. The predicted octanol–water partition coefficient (Wildman–Crippen LogP) is 4.69. The van der Waals surface area contributed by atoms with Crippen LogP contribution in [-0.2, 0) is 0 Å². The first-order valence-electron chi connectivity index (χ1n) is 8.24. The number of nitrogens with zero attached hydrogens (tertiary/aromatic N) is 3. The monoisotopic (exact) mass is 338 g/mol. The van der Waals surface area contributed by atoms with Crippen LogP contribution < -0.4 is 5.73 Å². The molecular formula is C21H14N4O. The SMILES string of the molecule is Nc1ncnc2ccc(-c3cccnc3-c3cc4ccccc4o3)cc12. The van der Waals surface area contributed by atoms with Gasteiger partial charge in [0, 0.05) is 22.5 Å². The summed E-state index contributed by atoms with van der Waals surface area (Å²) in [6.45, 7) is 0. The van der Waals surface area contributed by atoms with Crippen LogP contribution >= 0.6 is 0 Å². The lowest BCUT2D eigenvalue weighted by molar-refractivity contribution is 0.629. The van der Waals surface area contributed by atoms with Gasteiger partial charge in [-0.25, -0.2) is 9.97 Å². The number of hydrogen-bond donors (Lipinski definition) is 1. The van der Waals surface area contributed by atoms with Crippen LogP contribution in [0, 0.1) is 0 Å². The van der Waals surface area contributed by atoms with E-state index in [1.807, 2.05) is 60.7 Å². The van der Waals surface area contributed by atoms with Crippen LogP contribution in [0.3, 0.4) is 0 Å². The van der Waals surface area contributed by atoms with Gasteiger partial charge in [-0.15, -0.1) is 0 Å². The van der Waals surface area contributed by atoms with E-state index in [0.717, 1.165) is 44.5 Å². The Morgan fingerprint density at radius 1 is 0.846 bits per heavy atom. The van der Waals surface area contributed by atoms with Gasteiger partial charge >= 0.3 is 0 Å². The Kier molecular flexibility index (Phi) is 3.18. The second-order valence-electron chi connectivity index (χ2n) is 6.04. The van der Waals surface area contributed by atoms with Crippen molar-refractivity contribution >= 4 is 27.7 Å². The van der Waals surface area contributed by atoms with E-state index in [4.69, 9.17) is 10.2 Å². The molecule has 26 heavy (non-hydrogen) atoms. The van der Waals surface area contributed by atoms with Crippen molar-refractivity contribution in [2.24, 2.45) is 0 Å². The number of pyridine rings is 1. The molecule has 2 N–H and O–H groups in total. The standard InChI is InChI=1S/C21H14N4O/c22-21-16-10-13(7-8-17(16)24-12-25-21)15-5-3-9-23-20(15)19-11-14-4-1-2-6-18(14)26-19/h1-12H,(H2,22,24,25). The van der Waals surface area contributed by atoms with Gasteiger partial charge in [-0.2, -0.15) is 0 Å². The summed E-state index contributed by atoms with van der Waals surface area (Å²) in [7, 11) is 0. The van der Waals surface area contributed by atoms with Gasteiger partial charge in [-0.1, -0.05) is 30.3 Å². The van der Waals surface area contributed by atoms with E-state index in [1.165, 1.54) is 6.33 Å². The van der Waals surface area contributed by atoms with E-state index in [-0.39, 0.29) is 0 Å². The van der Waals surface area contributed by atoms with Crippen LogP contribution in [0.25, 0.3) is 44.5 Å². The molecule has 0 atom stereocenters. The number of anilines is 1. The minimum absolute atomic E-state index is 0.464. The molecule has 5 rings (SSSR count). The molecule has 0 unspecified atom stereocenters. The molecule has 0 aliphatic heterocycles. The number of rotatable bonds is 2. The maximum Gasteiger partial charge on any atom is 0.154 e. The number of aromatic nitrogens is 3. The maximum atomic E-state index is 6.02. The highest BCUT2D eigenvalue weighted by Crippen LogP contribution is 2.35. The minimum atomic E-state index is 0.464. The molecule has 3 heterocycles. The second-order valence-corrected chi connectivity index (χ2v) is 6.04. The van der Waals surface area contributed by atoms with Gasteiger partial charge in [0.25, 0.3) is 0 Å². The average molecular weight is 338 g/mol. The van der Waals surface area contributed by atoms with Crippen LogP contribution in [0.2, 0.25) is 0 Å². The molecular weight excluding hydrogens is 324 g/mol. The normalized spacial score (nSPS) is 11.2. The van der Waals surface area contributed by atoms with Crippen LogP contribution in [0.4, 0.5) is 5.82 Å². The lowest BCUT2D eigenvalue weighted by atomic mass is 10.0. The van der Waals surface area contributed by atoms with Gasteiger partial charge in [-0.05, 0) is 35.9 Å². The van der Waals surface area contributed by atoms with Crippen LogP contribution in [0.15, 0.2) is 77.6 Å². The summed E-state index contributed by atoms with van der Waals surface area (Å²) in [4.78, 5) is 12.9. The molecule has 0 radical (unpaired) electrons. The summed E-state index contributed by atoms with van der Waals surface area (Å²) in [5, 5.41) is 1.87. The fourth-order valence-corrected chi connectivity index (χ4v) is 3.18. The highest BCUT2D eigenvalue weighted by Gasteiger charge is 2.14. The van der Waals surface area contributed by atoms with Gasteiger partial charge in [0.2, 0.25) is 0 Å². The molecule has 124 valence electrons. The van der Waals surface area contributed by atoms with Crippen molar-refractivity contribution in [3.8, 4) is 22.6 Å². The lowest BCUT2D eigenvalue weighted by Gasteiger charge is -2.08. The van der Waals surface area contributed by atoms with E-state index in [0.29, 0.717) is 5.82 Å². The molecule has 5 aromatic rings. The van der Waals surface area contributed by atoms with Gasteiger partial charge in [0.15, 0.2) is 5.76 Å². The molecule has 0 aliphatic carbocycles. The van der Waals surface area contributed by atoms with E-state index in [9.17, 15) is 0 Å². The van der Waals surface area contributed by atoms with Gasteiger partial charge < -0.3 is 10.2 Å². The summed E-state index contributed by atoms with van der Waals surface area (Å²) < 4.78 is 6.02. The van der Waals surface area contributed by atoms with Gasteiger partial charge in [0.05, 0.1) is 5.52 Å². The highest BCUT2D eigenvalue weighted by atomic mass is 16.3. The molecule has 0 amide bonds. The first-order chi connectivity index (χ1) is 12.8. The Bertz CT molecular complexity index is 1230. The number of fused-ring (bicyclic) bond motifs is 2. The number of nitrogen functional groups attached to an aromatic ring is 1. The predicted molar refractivity (Wildman–Crippen MR) is 102 cm³/mol. The quantitative estimate of drug-likeness (QED) is 0.505. The number of nitrogens with two attached hydrogens (primary N) is 1. The molecule has 0 spiro atoms. The number of furan rings is 1. The van der Waals surface area contributed by atoms with Crippen molar-refractivity contribution in [1.82, 2.24) is 15.0 Å². The zero-order chi connectivity index (χ0) is 17.5. The topological polar surface area (TPSA) is 77.8 Å². The zero-order valence-corrected chi connectivity index (χ0v) is 13.8. The molecule has 0 saturated carbocycles. The molecule has 0 saturated heterocycles. The van der Waals surface area contributed by atoms with Crippen molar-refractivity contribution in [1.29, 1.82) is 0 Å². The van der Waals surface area contributed by atoms with E-state index in [2.05, 4.69) is 15.0 Å². The summed E-state index contributed by atoms with van der Waals surface area (Å²) in [6, 6.07) is 19.8. The molecule has 0 fully saturated rings. The Hall–Kier alpha value is -3.73. The molecule has 5 nitrogen and oxygen atoms in total. The van der Waals surface area contributed by atoms with E-state index >= 15 is 0 Å². The van der Waals surface area contributed by atoms with Crippen molar-refractivity contribution in [3.63, 3.8) is 0 Å². The maximum absolute atomic E-state index is 6.02. The largest absolute Gasteiger partial charge is 0.454 e. The third-order valence-electron chi connectivity index (χ3n) is 4.44. The minimum Gasteiger partial charge on any atom is -0.454 e. The Balaban J connectivity index is 1.72. The van der Waals surface area contributed by atoms with E-state index in [1.54, 1.807) is 6.20 Å². The Morgan fingerprint density at radius 2 is 1.77 bits per heavy atom. The Labute approximate surface area is 149 Å².